The Morgan fingerprint density at radius 1 is 0.714 bits per heavy atom. The molecule has 6 nitrogen and oxygen atoms in total. The van der Waals surface area contributed by atoms with Crippen LogP contribution in [0.3, 0.4) is 0 Å². The molecular weight excluding hydrogens is 407 g/mol. The van der Waals surface area contributed by atoms with E-state index in [0.29, 0.717) is 10.0 Å². The van der Waals surface area contributed by atoms with E-state index in [1.807, 2.05) is 0 Å². The number of hydrogen-bond donors (Lipinski definition) is 2. The Balaban J connectivity index is 1.81. The van der Waals surface area contributed by atoms with Gasteiger partial charge in [-0.2, -0.15) is 0 Å². The highest BCUT2D eigenvalue weighted by Crippen LogP contribution is 2.28. The predicted molar refractivity (Wildman–Crippen MR) is 105 cm³/mol. The molecule has 2 aromatic carbocycles. The first kappa shape index (κ1) is 18.7. The van der Waals surface area contributed by atoms with Crippen LogP contribution >= 0.6 is 23.2 Å². The van der Waals surface area contributed by atoms with Gasteiger partial charge in [0.1, 0.15) is 35.9 Å². The summed E-state index contributed by atoms with van der Waals surface area (Å²) in [6.45, 7) is 0. The predicted octanol–water partition coefficient (Wildman–Crippen LogP) is 3.97. The Bertz CT molecular complexity index is 1220. The van der Waals surface area contributed by atoms with Crippen molar-refractivity contribution in [3.05, 3.63) is 90.5 Å². The van der Waals surface area contributed by atoms with E-state index in [9.17, 15) is 19.8 Å². The molecule has 0 spiro atoms. The Labute approximate surface area is 167 Å². The molecule has 0 saturated heterocycles. The van der Waals surface area contributed by atoms with Crippen molar-refractivity contribution in [2.24, 2.45) is 0 Å². The number of fused-ring (bicyclic) bond motifs is 2. The van der Waals surface area contributed by atoms with E-state index in [2.05, 4.69) is 0 Å². The maximum atomic E-state index is 12.7. The molecule has 0 fully saturated rings. The first-order valence-electron chi connectivity index (χ1n) is 8.15. The largest absolute Gasteiger partial charge is 0.464 e. The van der Waals surface area contributed by atoms with Gasteiger partial charge >= 0.3 is 0 Å². The summed E-state index contributed by atoms with van der Waals surface area (Å²) in [5.41, 5.74) is -1.01. The minimum absolute atomic E-state index is 0.147. The van der Waals surface area contributed by atoms with Crippen LogP contribution in [0, 0.1) is 0 Å². The van der Waals surface area contributed by atoms with Crippen molar-refractivity contribution in [3.63, 3.8) is 0 Å². The third-order valence-electron chi connectivity index (χ3n) is 4.46. The SMILES string of the molecule is O=c1c([C@@H](O)[C@@H](O)c2coc3ccc(Cl)cc3c2=O)coc2ccc(Cl)cc12. The molecule has 8 heteroatoms. The van der Waals surface area contributed by atoms with E-state index < -0.39 is 23.1 Å². The molecule has 4 rings (SSSR count). The molecule has 142 valence electrons. The topological polar surface area (TPSA) is 101 Å². The lowest BCUT2D eigenvalue weighted by molar-refractivity contribution is 0.0143. The molecule has 0 aliphatic rings. The summed E-state index contributed by atoms with van der Waals surface area (Å²) < 4.78 is 10.7. The van der Waals surface area contributed by atoms with Crippen LogP contribution in [0.15, 0.2) is 67.3 Å². The smallest absolute Gasteiger partial charge is 0.198 e. The highest BCUT2D eigenvalue weighted by atomic mass is 35.5. The van der Waals surface area contributed by atoms with Gasteiger partial charge in [0.2, 0.25) is 0 Å². The average molecular weight is 419 g/mol. The van der Waals surface area contributed by atoms with Crippen LogP contribution in [0.25, 0.3) is 21.9 Å². The molecule has 0 unspecified atom stereocenters. The number of hydrogen-bond acceptors (Lipinski definition) is 6. The second-order valence-electron chi connectivity index (χ2n) is 6.21. The molecule has 4 aromatic rings. The summed E-state index contributed by atoms with van der Waals surface area (Å²) in [4.78, 5) is 25.4. The monoisotopic (exact) mass is 418 g/mol. The van der Waals surface area contributed by atoms with E-state index in [-0.39, 0.29) is 33.1 Å². The zero-order valence-electron chi connectivity index (χ0n) is 14.1. The Morgan fingerprint density at radius 2 is 1.11 bits per heavy atom. The van der Waals surface area contributed by atoms with Gasteiger partial charge in [-0.15, -0.1) is 0 Å². The summed E-state index contributed by atoms with van der Waals surface area (Å²) in [6.07, 6.45) is -1.35. The van der Waals surface area contributed by atoms with E-state index in [1.54, 1.807) is 12.1 Å². The lowest BCUT2D eigenvalue weighted by Gasteiger charge is -2.17. The number of benzene rings is 2. The third-order valence-corrected chi connectivity index (χ3v) is 4.93. The summed E-state index contributed by atoms with van der Waals surface area (Å²) in [5.74, 6) is 0. The number of aliphatic hydroxyl groups excluding tert-OH is 2. The van der Waals surface area contributed by atoms with E-state index >= 15 is 0 Å². The summed E-state index contributed by atoms with van der Waals surface area (Å²) >= 11 is 11.8. The van der Waals surface area contributed by atoms with E-state index in [1.165, 1.54) is 24.3 Å². The van der Waals surface area contributed by atoms with Gasteiger partial charge in [-0.05, 0) is 36.4 Å². The molecule has 0 bridgehead atoms. The van der Waals surface area contributed by atoms with Crippen molar-refractivity contribution in [2.45, 2.75) is 12.2 Å². The molecule has 0 aliphatic heterocycles. The maximum Gasteiger partial charge on any atom is 0.198 e. The zero-order valence-corrected chi connectivity index (χ0v) is 15.6. The van der Waals surface area contributed by atoms with Crippen LogP contribution < -0.4 is 10.9 Å². The molecule has 0 saturated carbocycles. The fourth-order valence-corrected chi connectivity index (χ4v) is 3.33. The zero-order chi connectivity index (χ0) is 20.0. The van der Waals surface area contributed by atoms with Crippen LogP contribution in [0.5, 0.6) is 0 Å². The van der Waals surface area contributed by atoms with Crippen molar-refractivity contribution in [2.75, 3.05) is 0 Å². The van der Waals surface area contributed by atoms with Gasteiger partial charge < -0.3 is 19.0 Å². The maximum absolute atomic E-state index is 12.7. The van der Waals surface area contributed by atoms with Crippen molar-refractivity contribution in [3.8, 4) is 0 Å². The molecule has 2 aromatic heterocycles. The first-order chi connectivity index (χ1) is 13.4. The molecule has 0 amide bonds. The van der Waals surface area contributed by atoms with Crippen molar-refractivity contribution >= 4 is 45.1 Å². The fraction of sp³-hybridized carbons (Fsp3) is 0.100. The third kappa shape index (κ3) is 3.10. The highest BCUT2D eigenvalue weighted by Gasteiger charge is 2.27. The molecule has 2 atom stereocenters. The number of rotatable bonds is 3. The number of halogens is 2. The standard InChI is InChI=1S/C20H12Cl2O6/c21-9-1-3-15-11(5-9)17(23)13(7-27-15)19(25)20(26)14-8-28-16-4-2-10(22)6-12(16)18(14)24/h1-8,19-20,25-26H/t19-,20+. The van der Waals surface area contributed by atoms with Crippen molar-refractivity contribution in [1.29, 1.82) is 0 Å². The number of aliphatic hydroxyl groups is 2. The Hall–Kier alpha value is -2.64. The van der Waals surface area contributed by atoms with Crippen LogP contribution in [0.4, 0.5) is 0 Å². The van der Waals surface area contributed by atoms with Crippen molar-refractivity contribution < 1.29 is 19.0 Å². The molecule has 2 heterocycles. The van der Waals surface area contributed by atoms with Crippen LogP contribution in [-0.2, 0) is 0 Å². The van der Waals surface area contributed by atoms with Gasteiger partial charge in [-0.25, -0.2) is 0 Å². The lowest BCUT2D eigenvalue weighted by Crippen LogP contribution is -2.23. The fourth-order valence-electron chi connectivity index (χ4n) is 2.99. The molecule has 28 heavy (non-hydrogen) atoms. The van der Waals surface area contributed by atoms with Crippen LogP contribution in [-0.4, -0.2) is 10.2 Å². The minimum atomic E-state index is -1.72. The van der Waals surface area contributed by atoms with Gasteiger partial charge in [0.05, 0.1) is 21.9 Å². The lowest BCUT2D eigenvalue weighted by atomic mass is 9.98. The normalized spacial score (nSPS) is 13.7. The minimum Gasteiger partial charge on any atom is -0.464 e. The second kappa shape index (κ2) is 7.07. The summed E-state index contributed by atoms with van der Waals surface area (Å²) in [5, 5.41) is 22.0. The van der Waals surface area contributed by atoms with Gasteiger partial charge in [0.15, 0.2) is 10.9 Å². The van der Waals surface area contributed by atoms with Crippen LogP contribution in [0.1, 0.15) is 23.3 Å². The van der Waals surface area contributed by atoms with Crippen LogP contribution in [0.2, 0.25) is 10.0 Å². The molecule has 0 radical (unpaired) electrons. The van der Waals surface area contributed by atoms with Gasteiger partial charge in [0, 0.05) is 10.0 Å². The molecular formula is C20H12Cl2O6. The van der Waals surface area contributed by atoms with E-state index in [4.69, 9.17) is 32.0 Å². The summed E-state index contributed by atoms with van der Waals surface area (Å²) in [6, 6.07) is 8.96. The van der Waals surface area contributed by atoms with E-state index in [0.717, 1.165) is 12.5 Å². The quantitative estimate of drug-likeness (QED) is 0.521. The van der Waals surface area contributed by atoms with Gasteiger partial charge in [-0.1, -0.05) is 23.2 Å². The molecule has 0 aliphatic carbocycles. The van der Waals surface area contributed by atoms with Gasteiger partial charge in [0.25, 0.3) is 0 Å². The Morgan fingerprint density at radius 3 is 1.50 bits per heavy atom. The Kier molecular flexibility index (Phi) is 4.72. The summed E-state index contributed by atoms with van der Waals surface area (Å²) in [7, 11) is 0. The average Bonchev–Trinajstić information content (AvgIpc) is 2.68. The highest BCUT2D eigenvalue weighted by molar-refractivity contribution is 6.31. The molecule has 2 N–H and O–H groups in total. The second-order valence-corrected chi connectivity index (χ2v) is 7.08. The van der Waals surface area contributed by atoms with Crippen molar-refractivity contribution in [1.82, 2.24) is 0 Å². The van der Waals surface area contributed by atoms with Gasteiger partial charge in [-0.3, -0.25) is 9.59 Å². The first-order valence-corrected chi connectivity index (χ1v) is 8.90.